The van der Waals surface area contributed by atoms with Crippen molar-refractivity contribution in [2.45, 2.75) is 26.3 Å². The smallest absolute Gasteiger partial charge is 0.241 e. The fraction of sp³-hybridized carbons (Fsp3) is 0.261. The van der Waals surface area contributed by atoms with Crippen molar-refractivity contribution in [1.82, 2.24) is 20.2 Å². The highest BCUT2D eigenvalue weighted by Gasteiger charge is 2.13. The lowest BCUT2D eigenvalue weighted by atomic mass is 10.1. The van der Waals surface area contributed by atoms with Gasteiger partial charge in [0, 0.05) is 23.6 Å². The van der Waals surface area contributed by atoms with Gasteiger partial charge in [0.25, 0.3) is 0 Å². The summed E-state index contributed by atoms with van der Waals surface area (Å²) in [7, 11) is 1.99. The van der Waals surface area contributed by atoms with E-state index < -0.39 is 0 Å². The van der Waals surface area contributed by atoms with Gasteiger partial charge in [-0.25, -0.2) is 4.39 Å². The van der Waals surface area contributed by atoms with Crippen molar-refractivity contribution in [3.8, 4) is 22.6 Å². The minimum atomic E-state index is -0.279. The molecule has 0 bridgehead atoms. The Bertz CT molecular complexity index is 1110. The largest absolute Gasteiger partial charge is 0.361 e. The van der Waals surface area contributed by atoms with Crippen LogP contribution in [0.3, 0.4) is 0 Å². The van der Waals surface area contributed by atoms with E-state index in [2.05, 4.69) is 20.2 Å². The molecule has 2 heterocycles. The second kappa shape index (κ2) is 9.00. The molecular formula is C23H23FN4O2. The first kappa shape index (κ1) is 20.0. The number of nitrogens with zero attached hydrogens (tertiary/aromatic N) is 4. The lowest BCUT2D eigenvalue weighted by Crippen LogP contribution is -2.19. The van der Waals surface area contributed by atoms with Crippen molar-refractivity contribution in [1.29, 1.82) is 0 Å². The van der Waals surface area contributed by atoms with Crippen LogP contribution in [-0.4, -0.2) is 33.8 Å². The normalized spacial score (nSPS) is 11.3. The summed E-state index contributed by atoms with van der Waals surface area (Å²) in [5.74, 6) is 1.48. The Morgan fingerprint density at radius 1 is 0.967 bits per heavy atom. The molecule has 0 aliphatic rings. The number of aryl methyl sites for hydroxylation is 2. The molecule has 0 aliphatic carbocycles. The summed E-state index contributed by atoms with van der Waals surface area (Å²) >= 11 is 0. The molecule has 0 unspecified atom stereocenters. The zero-order chi connectivity index (χ0) is 20.9. The van der Waals surface area contributed by atoms with Crippen molar-refractivity contribution in [3.05, 3.63) is 77.6 Å². The molecule has 7 heteroatoms. The average Bonchev–Trinajstić information content (AvgIpc) is 3.41. The van der Waals surface area contributed by atoms with Gasteiger partial charge in [-0.1, -0.05) is 52.8 Å². The summed E-state index contributed by atoms with van der Waals surface area (Å²) in [6.07, 6.45) is 1.70. The van der Waals surface area contributed by atoms with Gasteiger partial charge in [0.15, 0.2) is 0 Å². The maximum absolute atomic E-state index is 13.8. The second-order valence-electron chi connectivity index (χ2n) is 7.36. The first-order valence-electron chi connectivity index (χ1n) is 9.87. The summed E-state index contributed by atoms with van der Waals surface area (Å²) in [5.41, 5.74) is 3.09. The summed E-state index contributed by atoms with van der Waals surface area (Å²) in [6.45, 7) is 3.07. The lowest BCUT2D eigenvalue weighted by Gasteiger charge is -2.12. The lowest BCUT2D eigenvalue weighted by molar-refractivity contribution is 0.261. The number of hydrogen-bond donors (Lipinski definition) is 0. The van der Waals surface area contributed by atoms with Gasteiger partial charge in [-0.3, -0.25) is 4.90 Å². The molecule has 30 heavy (non-hydrogen) atoms. The fourth-order valence-corrected chi connectivity index (χ4v) is 3.18. The van der Waals surface area contributed by atoms with E-state index >= 15 is 0 Å². The number of halogens is 1. The minimum absolute atomic E-state index is 0.279. The van der Waals surface area contributed by atoms with Crippen molar-refractivity contribution in [3.63, 3.8) is 0 Å². The number of benzene rings is 2. The average molecular weight is 406 g/mol. The Morgan fingerprint density at radius 2 is 1.80 bits per heavy atom. The highest BCUT2D eigenvalue weighted by molar-refractivity contribution is 5.58. The second-order valence-corrected chi connectivity index (χ2v) is 7.36. The third kappa shape index (κ3) is 4.80. The van der Waals surface area contributed by atoms with Crippen LogP contribution in [0.5, 0.6) is 0 Å². The fourth-order valence-electron chi connectivity index (χ4n) is 3.18. The van der Waals surface area contributed by atoms with E-state index in [0.29, 0.717) is 29.4 Å². The van der Waals surface area contributed by atoms with Crippen LogP contribution >= 0.6 is 0 Å². The van der Waals surface area contributed by atoms with Crippen LogP contribution < -0.4 is 0 Å². The summed E-state index contributed by atoms with van der Waals surface area (Å²) in [4.78, 5) is 6.48. The Hall–Kier alpha value is -3.32. The van der Waals surface area contributed by atoms with Gasteiger partial charge in [-0.2, -0.15) is 4.98 Å². The molecule has 2 aromatic heterocycles. The molecule has 4 aromatic rings. The first-order valence-corrected chi connectivity index (χ1v) is 9.87. The Kier molecular flexibility index (Phi) is 5.99. The van der Waals surface area contributed by atoms with E-state index in [4.69, 9.17) is 9.05 Å². The van der Waals surface area contributed by atoms with Gasteiger partial charge < -0.3 is 9.05 Å². The van der Waals surface area contributed by atoms with Crippen LogP contribution in [0.25, 0.3) is 22.6 Å². The van der Waals surface area contributed by atoms with Crippen LogP contribution in [0.1, 0.15) is 23.6 Å². The van der Waals surface area contributed by atoms with E-state index in [1.165, 1.54) is 6.07 Å². The van der Waals surface area contributed by atoms with Crippen molar-refractivity contribution in [2.24, 2.45) is 0 Å². The van der Waals surface area contributed by atoms with Crippen LogP contribution in [0.2, 0.25) is 0 Å². The minimum Gasteiger partial charge on any atom is -0.361 e. The molecular weight excluding hydrogens is 383 g/mol. The highest BCUT2D eigenvalue weighted by atomic mass is 19.1. The molecule has 4 rings (SSSR count). The topological polar surface area (TPSA) is 68.2 Å². The van der Waals surface area contributed by atoms with Gasteiger partial charge in [-0.15, -0.1) is 0 Å². The van der Waals surface area contributed by atoms with Crippen LogP contribution in [-0.2, 0) is 13.0 Å². The van der Waals surface area contributed by atoms with Crippen molar-refractivity contribution in [2.75, 3.05) is 13.6 Å². The molecule has 2 aromatic carbocycles. The quantitative estimate of drug-likeness (QED) is 0.414. The summed E-state index contributed by atoms with van der Waals surface area (Å²) < 4.78 is 24.5. The van der Waals surface area contributed by atoms with E-state index in [9.17, 15) is 4.39 Å². The van der Waals surface area contributed by atoms with Crippen molar-refractivity contribution < 1.29 is 13.4 Å². The molecule has 0 radical (unpaired) electrons. The molecule has 0 spiro atoms. The predicted octanol–water partition coefficient (Wildman–Crippen LogP) is 4.90. The van der Waals surface area contributed by atoms with Gasteiger partial charge >= 0.3 is 0 Å². The van der Waals surface area contributed by atoms with Crippen molar-refractivity contribution >= 4 is 0 Å². The third-order valence-corrected chi connectivity index (χ3v) is 4.89. The van der Waals surface area contributed by atoms with E-state index in [-0.39, 0.29) is 5.82 Å². The van der Waals surface area contributed by atoms with Gasteiger partial charge in [-0.05, 0) is 38.6 Å². The summed E-state index contributed by atoms with van der Waals surface area (Å²) in [6, 6.07) is 16.9. The Labute approximate surface area is 174 Å². The molecule has 0 aliphatic heterocycles. The molecule has 0 saturated carbocycles. The molecule has 0 fully saturated rings. The van der Waals surface area contributed by atoms with Crippen LogP contribution in [0.4, 0.5) is 4.39 Å². The van der Waals surface area contributed by atoms with Crippen LogP contribution in [0, 0.1) is 12.7 Å². The van der Waals surface area contributed by atoms with E-state index in [1.807, 2.05) is 43.4 Å². The number of rotatable bonds is 8. The zero-order valence-electron chi connectivity index (χ0n) is 17.0. The van der Waals surface area contributed by atoms with Gasteiger partial charge in [0.05, 0.1) is 6.54 Å². The standard InChI is InChI=1S/C23H23FN4O2/c1-16-10-11-18(13-20(16)24)23-25-22(30-27-23)15-28(2)12-6-9-19-14-21(26-29-19)17-7-4-3-5-8-17/h3-5,7-8,10-11,13-14H,6,9,12,15H2,1-2H3. The third-order valence-electron chi connectivity index (χ3n) is 4.89. The molecule has 6 nitrogen and oxygen atoms in total. The molecule has 154 valence electrons. The SMILES string of the molecule is Cc1ccc(-c2noc(CN(C)CCCc3cc(-c4ccccc4)no3)n2)cc1F. The van der Waals surface area contributed by atoms with Gasteiger partial charge in [0.1, 0.15) is 17.3 Å². The zero-order valence-corrected chi connectivity index (χ0v) is 17.0. The monoisotopic (exact) mass is 406 g/mol. The van der Waals surface area contributed by atoms with Gasteiger partial charge in [0.2, 0.25) is 11.7 Å². The van der Waals surface area contributed by atoms with Crippen LogP contribution in [0.15, 0.2) is 63.6 Å². The summed E-state index contributed by atoms with van der Waals surface area (Å²) in [5, 5.41) is 8.11. The molecule has 0 atom stereocenters. The Balaban J connectivity index is 1.27. The molecule has 0 N–H and O–H groups in total. The number of hydrogen-bond acceptors (Lipinski definition) is 6. The van der Waals surface area contributed by atoms with E-state index in [1.54, 1.807) is 19.1 Å². The highest BCUT2D eigenvalue weighted by Crippen LogP contribution is 2.20. The first-order chi connectivity index (χ1) is 14.6. The predicted molar refractivity (Wildman–Crippen MR) is 111 cm³/mol. The maximum Gasteiger partial charge on any atom is 0.241 e. The van der Waals surface area contributed by atoms with E-state index in [0.717, 1.165) is 36.4 Å². The number of aromatic nitrogens is 3. The maximum atomic E-state index is 13.8. The molecule has 0 amide bonds. The Morgan fingerprint density at radius 3 is 2.60 bits per heavy atom. The molecule has 0 saturated heterocycles.